The Kier molecular flexibility index (Phi) is 7.95. The molecule has 27 heavy (non-hydrogen) atoms. The van der Waals surface area contributed by atoms with Crippen LogP contribution in [0, 0.1) is 0 Å². The fourth-order valence-corrected chi connectivity index (χ4v) is 4.41. The predicted molar refractivity (Wildman–Crippen MR) is 114 cm³/mol. The zero-order chi connectivity index (χ0) is 18.5. The Morgan fingerprint density at radius 3 is 2.70 bits per heavy atom. The summed E-state index contributed by atoms with van der Waals surface area (Å²) >= 11 is 1.62. The first-order chi connectivity index (χ1) is 12.6. The van der Waals surface area contributed by atoms with Gasteiger partial charge in [-0.25, -0.2) is 0 Å². The SMILES string of the molecule is CCCC(=O)N1CSCC1C(=O)NC(CN)c1ccc2ccccc2c1.Cl. The number of halogens is 1. The van der Waals surface area contributed by atoms with E-state index in [1.165, 1.54) is 0 Å². The van der Waals surface area contributed by atoms with Crippen molar-refractivity contribution in [2.45, 2.75) is 31.8 Å². The van der Waals surface area contributed by atoms with E-state index in [9.17, 15) is 9.59 Å². The Morgan fingerprint density at radius 1 is 1.26 bits per heavy atom. The van der Waals surface area contributed by atoms with Gasteiger partial charge < -0.3 is 16.0 Å². The molecule has 2 atom stereocenters. The molecule has 0 aliphatic carbocycles. The zero-order valence-corrected chi connectivity index (χ0v) is 17.0. The number of fused-ring (bicyclic) bond motifs is 1. The van der Waals surface area contributed by atoms with Crippen LogP contribution in [-0.4, -0.2) is 40.9 Å². The molecule has 1 saturated heterocycles. The van der Waals surface area contributed by atoms with Crippen molar-refractivity contribution in [2.75, 3.05) is 18.2 Å². The monoisotopic (exact) mass is 407 g/mol. The minimum absolute atomic E-state index is 0. The highest BCUT2D eigenvalue weighted by molar-refractivity contribution is 7.99. The van der Waals surface area contributed by atoms with Crippen LogP contribution in [0.15, 0.2) is 42.5 Å². The van der Waals surface area contributed by atoms with Gasteiger partial charge in [-0.1, -0.05) is 43.3 Å². The molecule has 146 valence electrons. The Balaban J connectivity index is 0.00000261. The molecule has 1 fully saturated rings. The zero-order valence-electron chi connectivity index (χ0n) is 15.4. The molecule has 1 aliphatic heterocycles. The number of nitrogens with two attached hydrogens (primary N) is 1. The maximum atomic E-state index is 12.8. The average Bonchev–Trinajstić information content (AvgIpc) is 3.16. The lowest BCUT2D eigenvalue weighted by atomic mass is 10.0. The summed E-state index contributed by atoms with van der Waals surface area (Å²) in [6.45, 7) is 2.28. The summed E-state index contributed by atoms with van der Waals surface area (Å²) in [4.78, 5) is 26.7. The fourth-order valence-electron chi connectivity index (χ4n) is 3.23. The van der Waals surface area contributed by atoms with Crippen LogP contribution in [0.5, 0.6) is 0 Å². The van der Waals surface area contributed by atoms with Gasteiger partial charge in [0, 0.05) is 18.7 Å². The molecule has 0 spiro atoms. The van der Waals surface area contributed by atoms with Gasteiger partial charge in [-0.3, -0.25) is 9.59 Å². The largest absolute Gasteiger partial charge is 0.346 e. The van der Waals surface area contributed by atoms with Crippen LogP contribution in [0.25, 0.3) is 10.8 Å². The van der Waals surface area contributed by atoms with Crippen LogP contribution in [0.2, 0.25) is 0 Å². The minimum Gasteiger partial charge on any atom is -0.346 e. The first-order valence-corrected chi connectivity index (χ1v) is 10.2. The van der Waals surface area contributed by atoms with Crippen molar-refractivity contribution >= 4 is 46.8 Å². The molecule has 3 N–H and O–H groups in total. The second-order valence-corrected chi connectivity index (χ2v) is 7.53. The third-order valence-corrected chi connectivity index (χ3v) is 5.71. The summed E-state index contributed by atoms with van der Waals surface area (Å²) in [6, 6.07) is 13.5. The van der Waals surface area contributed by atoms with Crippen molar-refractivity contribution in [3.8, 4) is 0 Å². The van der Waals surface area contributed by atoms with E-state index in [0.29, 0.717) is 24.6 Å². The highest BCUT2D eigenvalue weighted by Gasteiger charge is 2.34. The summed E-state index contributed by atoms with van der Waals surface area (Å²) in [7, 11) is 0. The number of thioether (sulfide) groups is 1. The molecule has 0 aromatic heterocycles. The van der Waals surface area contributed by atoms with Crippen molar-refractivity contribution < 1.29 is 9.59 Å². The van der Waals surface area contributed by atoms with E-state index in [4.69, 9.17) is 5.73 Å². The Morgan fingerprint density at radius 2 is 2.00 bits per heavy atom. The smallest absolute Gasteiger partial charge is 0.244 e. The number of amides is 2. The van der Waals surface area contributed by atoms with E-state index in [-0.39, 0.29) is 30.3 Å². The van der Waals surface area contributed by atoms with Crippen molar-refractivity contribution in [2.24, 2.45) is 5.73 Å². The van der Waals surface area contributed by atoms with E-state index in [1.54, 1.807) is 16.7 Å². The molecular formula is C20H26ClN3O2S. The van der Waals surface area contributed by atoms with E-state index < -0.39 is 6.04 Å². The molecule has 7 heteroatoms. The third-order valence-electron chi connectivity index (χ3n) is 4.70. The number of carbonyl (C=O) groups is 2. The van der Waals surface area contributed by atoms with Crippen LogP contribution < -0.4 is 11.1 Å². The number of hydrogen-bond acceptors (Lipinski definition) is 4. The molecule has 2 aromatic carbocycles. The molecule has 0 bridgehead atoms. The van der Waals surface area contributed by atoms with Crippen LogP contribution in [0.4, 0.5) is 0 Å². The van der Waals surface area contributed by atoms with Gasteiger partial charge in [0.15, 0.2) is 0 Å². The molecule has 5 nitrogen and oxygen atoms in total. The van der Waals surface area contributed by atoms with Crippen molar-refractivity contribution in [1.82, 2.24) is 10.2 Å². The summed E-state index contributed by atoms with van der Waals surface area (Å²) in [5.41, 5.74) is 6.92. The average molecular weight is 408 g/mol. The molecule has 2 unspecified atom stereocenters. The summed E-state index contributed by atoms with van der Waals surface area (Å²) in [5.74, 6) is 1.15. The van der Waals surface area contributed by atoms with Crippen molar-refractivity contribution in [1.29, 1.82) is 0 Å². The van der Waals surface area contributed by atoms with Crippen molar-refractivity contribution in [3.05, 3.63) is 48.0 Å². The van der Waals surface area contributed by atoms with E-state index in [1.807, 2.05) is 37.3 Å². The van der Waals surface area contributed by atoms with Gasteiger partial charge in [0.05, 0.1) is 11.9 Å². The standard InChI is InChI=1S/C20H25N3O2S.ClH/c1-2-5-19(24)23-13-26-12-18(23)20(25)22-17(11-21)16-9-8-14-6-3-4-7-15(14)10-16;/h3-4,6-10,17-18H,2,5,11-13,21H2,1H3,(H,22,25);1H. The normalized spacial score (nSPS) is 17.4. The van der Waals surface area contributed by atoms with Crippen LogP contribution in [0.3, 0.4) is 0 Å². The number of carbonyl (C=O) groups excluding carboxylic acids is 2. The van der Waals surface area contributed by atoms with E-state index >= 15 is 0 Å². The van der Waals surface area contributed by atoms with Crippen LogP contribution in [0.1, 0.15) is 31.4 Å². The molecule has 1 aliphatic rings. The Bertz CT molecular complexity index is 802. The third kappa shape index (κ3) is 4.94. The van der Waals surface area contributed by atoms with Crippen molar-refractivity contribution in [3.63, 3.8) is 0 Å². The number of benzene rings is 2. The number of rotatable bonds is 6. The number of nitrogens with zero attached hydrogens (tertiary/aromatic N) is 1. The molecule has 2 aromatic rings. The number of hydrogen-bond donors (Lipinski definition) is 2. The predicted octanol–water partition coefficient (Wildman–Crippen LogP) is 3.08. The summed E-state index contributed by atoms with van der Waals surface area (Å²) in [5, 5.41) is 5.32. The van der Waals surface area contributed by atoms with E-state index in [0.717, 1.165) is 22.8 Å². The lowest BCUT2D eigenvalue weighted by molar-refractivity contribution is -0.138. The molecule has 2 amide bonds. The van der Waals surface area contributed by atoms with Gasteiger partial charge in [0.1, 0.15) is 6.04 Å². The van der Waals surface area contributed by atoms with E-state index in [2.05, 4.69) is 17.4 Å². The van der Waals surface area contributed by atoms with Gasteiger partial charge in [0.25, 0.3) is 0 Å². The molecule has 3 rings (SSSR count). The van der Waals surface area contributed by atoms with Crippen LogP contribution in [-0.2, 0) is 9.59 Å². The molecule has 0 saturated carbocycles. The summed E-state index contributed by atoms with van der Waals surface area (Å²) < 4.78 is 0. The lowest BCUT2D eigenvalue weighted by Crippen LogP contribution is -2.49. The molecule has 0 radical (unpaired) electrons. The second kappa shape index (κ2) is 9.97. The maximum Gasteiger partial charge on any atom is 0.244 e. The van der Waals surface area contributed by atoms with Gasteiger partial charge >= 0.3 is 0 Å². The Hall–Kier alpha value is -1.76. The van der Waals surface area contributed by atoms with Crippen LogP contribution >= 0.6 is 24.2 Å². The highest BCUT2D eigenvalue weighted by Crippen LogP contribution is 2.24. The first kappa shape index (κ1) is 21.5. The Labute approximate surface area is 170 Å². The summed E-state index contributed by atoms with van der Waals surface area (Å²) in [6.07, 6.45) is 1.27. The first-order valence-electron chi connectivity index (χ1n) is 9.00. The maximum absolute atomic E-state index is 12.8. The fraction of sp³-hybridized carbons (Fsp3) is 0.400. The highest BCUT2D eigenvalue weighted by atomic mass is 35.5. The lowest BCUT2D eigenvalue weighted by Gasteiger charge is -2.26. The van der Waals surface area contributed by atoms with Gasteiger partial charge in [-0.15, -0.1) is 24.2 Å². The molecule has 1 heterocycles. The topological polar surface area (TPSA) is 75.4 Å². The minimum atomic E-state index is -0.409. The second-order valence-electron chi connectivity index (χ2n) is 6.53. The molecular weight excluding hydrogens is 382 g/mol. The van der Waals surface area contributed by atoms with Gasteiger partial charge in [-0.2, -0.15) is 0 Å². The van der Waals surface area contributed by atoms with Gasteiger partial charge in [-0.05, 0) is 28.8 Å². The van der Waals surface area contributed by atoms with Gasteiger partial charge in [0.2, 0.25) is 11.8 Å². The quantitative estimate of drug-likeness (QED) is 0.771. The number of nitrogens with one attached hydrogen (secondary N) is 1.